The number of phenols is 1. The van der Waals surface area contributed by atoms with Gasteiger partial charge >= 0.3 is 0 Å². The first-order valence-corrected chi connectivity index (χ1v) is 7.72. The number of aromatic nitrogens is 2. The molecule has 0 unspecified atom stereocenters. The number of aryl methyl sites for hydroxylation is 1. The number of hydrogen-bond donors (Lipinski definition) is 3. The number of hydrogen-bond acceptors (Lipinski definition) is 3. The highest BCUT2D eigenvalue weighted by atomic mass is 16.3. The number of fused-ring (bicyclic) bond motifs is 1. The van der Waals surface area contributed by atoms with E-state index in [2.05, 4.69) is 9.97 Å². The van der Waals surface area contributed by atoms with E-state index >= 15 is 0 Å². The van der Waals surface area contributed by atoms with Crippen LogP contribution in [0.25, 0.3) is 10.9 Å². The number of nitrogens with one attached hydrogen (secondary N) is 2. The summed E-state index contributed by atoms with van der Waals surface area (Å²) in [4.78, 5) is 31.8. The van der Waals surface area contributed by atoms with E-state index < -0.39 is 0 Å². The number of carbonyl (C=O) groups excluding carboxylic acids is 2. The van der Waals surface area contributed by atoms with Crippen LogP contribution in [0.3, 0.4) is 0 Å². The van der Waals surface area contributed by atoms with Gasteiger partial charge in [0.1, 0.15) is 5.75 Å². The normalized spacial score (nSPS) is 10.9. The molecule has 0 aliphatic heterocycles. The maximum absolute atomic E-state index is 12.6. The van der Waals surface area contributed by atoms with Crippen LogP contribution in [-0.2, 0) is 11.2 Å². The second-order valence-electron chi connectivity index (χ2n) is 5.79. The van der Waals surface area contributed by atoms with Gasteiger partial charge in [-0.15, -0.1) is 0 Å². The Morgan fingerprint density at radius 2 is 2.00 bits per heavy atom. The molecule has 0 bridgehead atoms. The van der Waals surface area contributed by atoms with E-state index in [4.69, 9.17) is 0 Å². The fraction of sp³-hybridized carbons (Fsp3) is 0.222. The van der Waals surface area contributed by atoms with Crippen LogP contribution in [-0.4, -0.2) is 38.3 Å². The molecule has 2 aromatic heterocycles. The first-order valence-electron chi connectivity index (χ1n) is 7.72. The average Bonchev–Trinajstić information content (AvgIpc) is 3.13. The number of imide groups is 1. The van der Waals surface area contributed by atoms with Crippen molar-refractivity contribution in [3.05, 3.63) is 53.5 Å². The largest absolute Gasteiger partial charge is 0.508 e. The van der Waals surface area contributed by atoms with Crippen LogP contribution in [0.5, 0.6) is 5.75 Å². The third-order valence-corrected chi connectivity index (χ3v) is 4.17. The zero-order valence-corrected chi connectivity index (χ0v) is 13.6. The van der Waals surface area contributed by atoms with Crippen LogP contribution in [0.2, 0.25) is 0 Å². The molecule has 0 spiro atoms. The Labute approximate surface area is 139 Å². The molecule has 2 heterocycles. The molecule has 2 amide bonds. The van der Waals surface area contributed by atoms with Gasteiger partial charge in [-0.2, -0.15) is 0 Å². The molecule has 6 nitrogen and oxygen atoms in total. The lowest BCUT2D eigenvalue weighted by atomic mass is 10.1. The topological polar surface area (TPSA) is 89.2 Å². The summed E-state index contributed by atoms with van der Waals surface area (Å²) >= 11 is 0. The molecule has 124 valence electrons. The summed E-state index contributed by atoms with van der Waals surface area (Å²) in [5, 5.41) is 10.5. The van der Waals surface area contributed by atoms with Gasteiger partial charge in [-0.05, 0) is 43.2 Å². The van der Waals surface area contributed by atoms with Crippen LogP contribution in [0.15, 0.2) is 36.7 Å². The molecule has 0 aliphatic carbocycles. The lowest BCUT2D eigenvalue weighted by molar-refractivity contribution is -0.126. The molecule has 0 saturated carbocycles. The molecule has 0 atom stereocenters. The minimum atomic E-state index is -0.302. The maximum atomic E-state index is 12.6. The number of aromatic amines is 2. The molecule has 24 heavy (non-hydrogen) atoms. The van der Waals surface area contributed by atoms with Gasteiger partial charge in [0.25, 0.3) is 5.91 Å². The van der Waals surface area contributed by atoms with Crippen molar-refractivity contribution in [3.63, 3.8) is 0 Å². The van der Waals surface area contributed by atoms with Crippen LogP contribution in [0.4, 0.5) is 0 Å². The quantitative estimate of drug-likeness (QED) is 0.689. The van der Waals surface area contributed by atoms with Crippen molar-refractivity contribution in [1.29, 1.82) is 0 Å². The van der Waals surface area contributed by atoms with Gasteiger partial charge in [-0.25, -0.2) is 0 Å². The molecule has 1 aromatic carbocycles. The third kappa shape index (κ3) is 2.90. The highest BCUT2D eigenvalue weighted by Gasteiger charge is 2.22. The van der Waals surface area contributed by atoms with Gasteiger partial charge in [0.2, 0.25) is 5.91 Å². The number of amides is 2. The minimum absolute atomic E-state index is 0.186. The molecule has 0 aliphatic rings. The van der Waals surface area contributed by atoms with E-state index in [1.807, 2.05) is 6.20 Å². The third-order valence-electron chi connectivity index (χ3n) is 4.17. The van der Waals surface area contributed by atoms with Gasteiger partial charge in [-0.3, -0.25) is 14.5 Å². The number of H-pyrrole nitrogens is 2. The number of nitrogens with zero attached hydrogens (tertiary/aromatic N) is 1. The summed E-state index contributed by atoms with van der Waals surface area (Å²) in [5.41, 5.74) is 3.10. The highest BCUT2D eigenvalue weighted by Crippen LogP contribution is 2.23. The lowest BCUT2D eigenvalue weighted by Gasteiger charge is -2.19. The molecule has 3 rings (SSSR count). The first-order chi connectivity index (χ1) is 11.5. The SMILES string of the molecule is CC(=O)N(CCc1c[nH]c2ccc(O)cc12)C(=O)c1cc[nH]c1C. The van der Waals surface area contributed by atoms with Crippen LogP contribution < -0.4 is 0 Å². The summed E-state index contributed by atoms with van der Waals surface area (Å²) in [5.74, 6) is -0.405. The molecular weight excluding hydrogens is 306 g/mol. The molecule has 6 heteroatoms. The van der Waals surface area contributed by atoms with Crippen molar-refractivity contribution in [2.24, 2.45) is 0 Å². The van der Waals surface area contributed by atoms with E-state index in [0.29, 0.717) is 12.0 Å². The van der Waals surface area contributed by atoms with Crippen molar-refractivity contribution in [2.45, 2.75) is 20.3 Å². The molecular formula is C18H19N3O3. The number of carbonyl (C=O) groups is 2. The number of benzene rings is 1. The number of phenolic OH excluding ortho intramolecular Hbond substituents is 1. The van der Waals surface area contributed by atoms with E-state index in [1.54, 1.807) is 37.4 Å². The van der Waals surface area contributed by atoms with Crippen LogP contribution in [0, 0.1) is 6.92 Å². The van der Waals surface area contributed by atoms with Gasteiger partial charge in [0.05, 0.1) is 5.56 Å². The predicted molar refractivity (Wildman–Crippen MR) is 90.9 cm³/mol. The number of aromatic hydroxyl groups is 1. The van der Waals surface area contributed by atoms with E-state index in [9.17, 15) is 14.7 Å². The van der Waals surface area contributed by atoms with E-state index in [1.165, 1.54) is 11.8 Å². The van der Waals surface area contributed by atoms with Crippen molar-refractivity contribution < 1.29 is 14.7 Å². The standard InChI is InChI=1S/C18H19N3O3/c1-11-15(5-7-19-11)18(24)21(12(2)22)8-6-13-10-20-17-4-3-14(23)9-16(13)17/h3-5,7,9-10,19-20,23H,6,8H2,1-2H3. The zero-order chi connectivity index (χ0) is 17.3. The maximum Gasteiger partial charge on any atom is 0.262 e. The highest BCUT2D eigenvalue weighted by molar-refractivity contribution is 6.04. The Bertz CT molecular complexity index is 907. The fourth-order valence-corrected chi connectivity index (χ4v) is 2.84. The van der Waals surface area contributed by atoms with Crippen LogP contribution in [0.1, 0.15) is 28.5 Å². The minimum Gasteiger partial charge on any atom is -0.508 e. The molecule has 0 saturated heterocycles. The summed E-state index contributed by atoms with van der Waals surface area (Å²) < 4.78 is 0. The van der Waals surface area contributed by atoms with Gasteiger partial charge in [-0.1, -0.05) is 0 Å². The number of rotatable bonds is 4. The van der Waals surface area contributed by atoms with Crippen molar-refractivity contribution >= 4 is 22.7 Å². The van der Waals surface area contributed by atoms with Crippen molar-refractivity contribution in [2.75, 3.05) is 6.54 Å². The zero-order valence-electron chi connectivity index (χ0n) is 13.6. The summed E-state index contributed by atoms with van der Waals surface area (Å²) in [6, 6.07) is 6.77. The van der Waals surface area contributed by atoms with Gasteiger partial charge in [0.15, 0.2) is 0 Å². The first kappa shape index (κ1) is 15.9. The monoisotopic (exact) mass is 325 g/mol. The Hall–Kier alpha value is -3.02. The van der Waals surface area contributed by atoms with Crippen molar-refractivity contribution in [1.82, 2.24) is 14.9 Å². The predicted octanol–water partition coefficient (Wildman–Crippen LogP) is 2.74. The molecule has 0 radical (unpaired) electrons. The Balaban J connectivity index is 1.81. The lowest BCUT2D eigenvalue weighted by Crippen LogP contribution is -2.37. The fourth-order valence-electron chi connectivity index (χ4n) is 2.84. The second kappa shape index (κ2) is 6.23. The smallest absolute Gasteiger partial charge is 0.262 e. The Morgan fingerprint density at radius 1 is 1.21 bits per heavy atom. The summed E-state index contributed by atoms with van der Waals surface area (Å²) in [7, 11) is 0. The summed E-state index contributed by atoms with van der Waals surface area (Å²) in [6.45, 7) is 3.47. The summed E-state index contributed by atoms with van der Waals surface area (Å²) in [6.07, 6.45) is 4.04. The average molecular weight is 325 g/mol. The van der Waals surface area contributed by atoms with E-state index in [0.717, 1.165) is 22.2 Å². The second-order valence-corrected chi connectivity index (χ2v) is 5.79. The molecule has 3 N–H and O–H groups in total. The Kier molecular flexibility index (Phi) is 4.12. The van der Waals surface area contributed by atoms with Crippen LogP contribution >= 0.6 is 0 Å². The Morgan fingerprint density at radius 3 is 2.67 bits per heavy atom. The molecule has 0 fully saturated rings. The molecule has 3 aromatic rings. The van der Waals surface area contributed by atoms with E-state index in [-0.39, 0.29) is 24.1 Å². The van der Waals surface area contributed by atoms with Crippen molar-refractivity contribution in [3.8, 4) is 5.75 Å². The van der Waals surface area contributed by atoms with Gasteiger partial charge in [0, 0.05) is 42.5 Å². The van der Waals surface area contributed by atoms with Gasteiger partial charge < -0.3 is 15.1 Å².